The molecule has 2 amide bonds. The Kier molecular flexibility index (Phi) is 11.3. The molecule has 2 aromatic rings. The molecule has 0 saturated heterocycles. The number of allylic oxidation sites excluding steroid dienone is 3. The Bertz CT molecular complexity index is 1070. The lowest BCUT2D eigenvalue weighted by Gasteiger charge is -2.18. The second-order valence-corrected chi connectivity index (χ2v) is 6.17. The first-order chi connectivity index (χ1) is 15.9. The Morgan fingerprint density at radius 3 is 2.39 bits per heavy atom. The fourth-order valence-electron chi connectivity index (χ4n) is 2.67. The van der Waals surface area contributed by atoms with Gasteiger partial charge in [-0.05, 0) is 11.1 Å². The summed E-state index contributed by atoms with van der Waals surface area (Å²) in [7, 11) is 1.18. The number of ether oxygens (including phenoxy) is 1. The van der Waals surface area contributed by atoms with Gasteiger partial charge >= 0.3 is 5.97 Å². The van der Waals surface area contributed by atoms with Gasteiger partial charge in [-0.3, -0.25) is 19.2 Å². The first-order valence-corrected chi connectivity index (χ1v) is 10.2. The predicted molar refractivity (Wildman–Crippen MR) is 127 cm³/mol. The zero-order valence-corrected chi connectivity index (χ0v) is 18.9. The van der Waals surface area contributed by atoms with Crippen molar-refractivity contribution in [1.82, 2.24) is 15.3 Å². The molecule has 9 nitrogen and oxygen atoms in total. The van der Waals surface area contributed by atoms with Crippen LogP contribution in [0.15, 0.2) is 78.3 Å². The molecule has 0 aliphatic rings. The summed E-state index contributed by atoms with van der Waals surface area (Å²) in [5.74, 6) is -2.99. The quantitative estimate of drug-likeness (QED) is 0.396. The Balaban J connectivity index is 0.00000265. The van der Waals surface area contributed by atoms with Crippen molar-refractivity contribution in [3.63, 3.8) is 0 Å². The van der Waals surface area contributed by atoms with Crippen molar-refractivity contribution in [3.8, 4) is 0 Å². The van der Waals surface area contributed by atoms with Crippen LogP contribution in [0.2, 0.25) is 0 Å². The van der Waals surface area contributed by atoms with Gasteiger partial charge in [0.25, 0.3) is 11.5 Å². The number of aromatic amines is 1. The molecule has 1 atom stereocenters. The fraction of sp³-hybridized carbons (Fsp3) is 0.208. The number of esters is 1. The first-order valence-electron chi connectivity index (χ1n) is 10.2. The molecule has 1 aromatic heterocycles. The number of hydrogen-bond donors (Lipinski definition) is 3. The zero-order chi connectivity index (χ0) is 24.8. The van der Waals surface area contributed by atoms with Crippen LogP contribution in [0.3, 0.4) is 0 Å². The lowest BCUT2D eigenvalue weighted by Crippen LogP contribution is -2.33. The minimum Gasteiger partial charge on any atom is -0.468 e. The molecular formula is C24H28N4O5. The SMILES string of the molecule is C=C/C=C(\C=C)C(C(=O)Nc1cnc(C(=O)NCC(=O)OC)[nH]c1=O)c1ccccc1.CC. The predicted octanol–water partition coefficient (Wildman–Crippen LogP) is 2.72. The van der Waals surface area contributed by atoms with Gasteiger partial charge in [0.1, 0.15) is 12.2 Å². The van der Waals surface area contributed by atoms with Gasteiger partial charge < -0.3 is 20.4 Å². The lowest BCUT2D eigenvalue weighted by molar-refractivity contribution is -0.139. The number of anilines is 1. The zero-order valence-electron chi connectivity index (χ0n) is 18.9. The van der Waals surface area contributed by atoms with Crippen LogP contribution in [0.4, 0.5) is 5.69 Å². The Morgan fingerprint density at radius 1 is 1.18 bits per heavy atom. The molecule has 1 unspecified atom stereocenters. The summed E-state index contributed by atoms with van der Waals surface area (Å²) in [6.07, 6.45) is 5.80. The number of methoxy groups -OCH3 is 1. The molecule has 0 bridgehead atoms. The highest BCUT2D eigenvalue weighted by Gasteiger charge is 2.24. The van der Waals surface area contributed by atoms with E-state index in [1.165, 1.54) is 19.3 Å². The molecule has 0 radical (unpaired) electrons. The van der Waals surface area contributed by atoms with Gasteiger partial charge in [-0.15, -0.1) is 0 Å². The number of H-pyrrole nitrogens is 1. The summed E-state index contributed by atoms with van der Waals surface area (Å²) >= 11 is 0. The Morgan fingerprint density at radius 2 is 1.85 bits per heavy atom. The largest absolute Gasteiger partial charge is 0.468 e. The third kappa shape index (κ3) is 7.73. The van der Waals surface area contributed by atoms with Crippen molar-refractivity contribution in [1.29, 1.82) is 0 Å². The molecule has 9 heteroatoms. The number of benzene rings is 1. The van der Waals surface area contributed by atoms with Crippen molar-refractivity contribution in [2.75, 3.05) is 19.0 Å². The minimum atomic E-state index is -0.773. The molecule has 0 fully saturated rings. The Hall–Kier alpha value is -4.27. The highest BCUT2D eigenvalue weighted by molar-refractivity contribution is 5.98. The van der Waals surface area contributed by atoms with Crippen LogP contribution >= 0.6 is 0 Å². The molecule has 0 saturated carbocycles. The summed E-state index contributed by atoms with van der Waals surface area (Å²) in [6, 6.07) is 8.96. The number of carbonyl (C=O) groups excluding carboxylic acids is 3. The summed E-state index contributed by atoms with van der Waals surface area (Å²) in [6.45, 7) is 11.0. The standard InChI is InChI=1S/C22H22N4O5.C2H6/c1-4-9-14(5-2)18(15-10-7-6-8-11-15)21(29)25-16-12-23-19(26-20(16)28)22(30)24-13-17(27)31-3;1-2/h4-12,18H,1-2,13H2,3H3,(H,24,30)(H,25,29)(H,23,26,28);1-2H3/b14-9+;. The molecule has 0 aliphatic heterocycles. The van der Waals surface area contributed by atoms with E-state index in [9.17, 15) is 19.2 Å². The third-order valence-corrected chi connectivity index (χ3v) is 4.17. The van der Waals surface area contributed by atoms with Gasteiger partial charge in [-0.1, -0.05) is 75.6 Å². The van der Waals surface area contributed by atoms with Crippen LogP contribution in [-0.4, -0.2) is 41.4 Å². The lowest BCUT2D eigenvalue weighted by atomic mass is 9.89. The first kappa shape index (κ1) is 26.8. The molecule has 0 aliphatic carbocycles. The molecule has 3 N–H and O–H groups in total. The van der Waals surface area contributed by atoms with E-state index in [1.807, 2.05) is 19.9 Å². The van der Waals surface area contributed by atoms with Crippen molar-refractivity contribution in [3.05, 3.63) is 95.2 Å². The molecule has 33 heavy (non-hydrogen) atoms. The smallest absolute Gasteiger partial charge is 0.325 e. The highest BCUT2D eigenvalue weighted by atomic mass is 16.5. The van der Waals surface area contributed by atoms with Crippen molar-refractivity contribution < 1.29 is 19.1 Å². The van der Waals surface area contributed by atoms with Gasteiger partial charge in [0.05, 0.1) is 19.2 Å². The highest BCUT2D eigenvalue weighted by Crippen LogP contribution is 2.26. The van der Waals surface area contributed by atoms with E-state index in [2.05, 4.69) is 38.5 Å². The second kappa shape index (κ2) is 13.9. The van der Waals surface area contributed by atoms with Crippen molar-refractivity contribution in [2.45, 2.75) is 19.8 Å². The molecule has 1 heterocycles. The number of nitrogens with zero attached hydrogens (tertiary/aromatic N) is 1. The number of rotatable bonds is 9. The maximum atomic E-state index is 13.0. The number of aromatic nitrogens is 2. The van der Waals surface area contributed by atoms with Gasteiger partial charge in [-0.2, -0.15) is 0 Å². The number of carbonyl (C=O) groups is 3. The van der Waals surface area contributed by atoms with E-state index in [4.69, 9.17) is 0 Å². The van der Waals surface area contributed by atoms with E-state index < -0.39 is 29.3 Å². The van der Waals surface area contributed by atoms with Crippen LogP contribution < -0.4 is 16.2 Å². The molecular weight excluding hydrogens is 424 g/mol. The van der Waals surface area contributed by atoms with Crippen LogP contribution in [-0.2, 0) is 14.3 Å². The molecule has 174 valence electrons. The average Bonchev–Trinajstić information content (AvgIpc) is 2.85. The van der Waals surface area contributed by atoms with Gasteiger partial charge in [0, 0.05) is 0 Å². The van der Waals surface area contributed by atoms with E-state index >= 15 is 0 Å². The van der Waals surface area contributed by atoms with Crippen LogP contribution in [0, 0.1) is 0 Å². The molecule has 2 rings (SSSR count). The normalized spacial score (nSPS) is 11.2. The number of hydrogen-bond acceptors (Lipinski definition) is 6. The second-order valence-electron chi connectivity index (χ2n) is 6.17. The molecule has 1 aromatic carbocycles. The topological polar surface area (TPSA) is 130 Å². The van der Waals surface area contributed by atoms with Crippen LogP contribution in [0.5, 0.6) is 0 Å². The maximum absolute atomic E-state index is 13.0. The van der Waals surface area contributed by atoms with E-state index in [0.717, 1.165) is 6.20 Å². The maximum Gasteiger partial charge on any atom is 0.325 e. The van der Waals surface area contributed by atoms with Crippen molar-refractivity contribution in [2.24, 2.45) is 0 Å². The van der Waals surface area contributed by atoms with Crippen LogP contribution in [0.25, 0.3) is 0 Å². The summed E-state index contributed by atoms with van der Waals surface area (Å²) in [5.41, 5.74) is 0.404. The van der Waals surface area contributed by atoms with Gasteiger partial charge in [0.15, 0.2) is 5.82 Å². The summed E-state index contributed by atoms with van der Waals surface area (Å²) < 4.78 is 4.42. The average molecular weight is 453 g/mol. The third-order valence-electron chi connectivity index (χ3n) is 4.17. The minimum absolute atomic E-state index is 0.141. The van der Waals surface area contributed by atoms with E-state index in [0.29, 0.717) is 11.1 Å². The number of nitrogens with one attached hydrogen (secondary N) is 3. The number of amides is 2. The monoisotopic (exact) mass is 452 g/mol. The fourth-order valence-corrected chi connectivity index (χ4v) is 2.67. The summed E-state index contributed by atoms with van der Waals surface area (Å²) in [4.78, 5) is 54.6. The van der Waals surface area contributed by atoms with E-state index in [1.54, 1.807) is 30.3 Å². The van der Waals surface area contributed by atoms with Crippen LogP contribution in [0.1, 0.15) is 35.9 Å². The van der Waals surface area contributed by atoms with E-state index in [-0.39, 0.29) is 18.1 Å². The summed E-state index contributed by atoms with van der Waals surface area (Å²) in [5, 5.41) is 4.79. The van der Waals surface area contributed by atoms with Crippen molar-refractivity contribution >= 4 is 23.5 Å². The molecule has 0 spiro atoms. The van der Waals surface area contributed by atoms with Gasteiger partial charge in [-0.25, -0.2) is 4.98 Å². The van der Waals surface area contributed by atoms with Gasteiger partial charge in [0.2, 0.25) is 5.91 Å². The Labute approximate surface area is 192 Å².